The van der Waals surface area contributed by atoms with Gasteiger partial charge in [0.15, 0.2) is 0 Å². The second-order valence-corrected chi connectivity index (χ2v) is 7.48. The minimum absolute atomic E-state index is 0.102. The summed E-state index contributed by atoms with van der Waals surface area (Å²) in [5, 5.41) is 0. The van der Waals surface area contributed by atoms with Gasteiger partial charge in [-0.1, -0.05) is 0 Å². The van der Waals surface area contributed by atoms with E-state index in [0.717, 1.165) is 30.2 Å². The zero-order valence-electron chi connectivity index (χ0n) is 16.2. The lowest BCUT2D eigenvalue weighted by atomic mass is 10.0. The third-order valence-electron chi connectivity index (χ3n) is 5.41. The zero-order chi connectivity index (χ0) is 19.8. The van der Waals surface area contributed by atoms with Crippen LogP contribution in [0.5, 0.6) is 0 Å². The van der Waals surface area contributed by atoms with Gasteiger partial charge in [0.05, 0.1) is 12.2 Å². The van der Waals surface area contributed by atoms with Crippen molar-refractivity contribution in [1.29, 1.82) is 0 Å². The molecule has 0 bridgehead atoms. The van der Waals surface area contributed by atoms with Crippen molar-refractivity contribution in [2.75, 3.05) is 24.5 Å². The Kier molecular flexibility index (Phi) is 4.74. The maximum absolute atomic E-state index is 12.8. The standard InChI is InChI=1S/C19H24N6O3/c1-12-9-25(19(28)22-18(12)27)11-16(26)24-8-5-14-15(10-24)20-13(2)21-17(14)23-6-3-4-7-23/h9H,3-8,10-11H2,1-2H3,(H,22,27,28). The first-order valence-electron chi connectivity index (χ1n) is 9.62. The molecule has 4 heterocycles. The number of aromatic amines is 1. The Morgan fingerprint density at radius 1 is 1.14 bits per heavy atom. The molecule has 0 atom stereocenters. The molecule has 0 aliphatic carbocycles. The summed E-state index contributed by atoms with van der Waals surface area (Å²) in [6, 6.07) is 0. The number of anilines is 1. The molecular weight excluding hydrogens is 360 g/mol. The van der Waals surface area contributed by atoms with Crippen molar-refractivity contribution in [3.8, 4) is 0 Å². The number of fused-ring (bicyclic) bond motifs is 1. The van der Waals surface area contributed by atoms with E-state index in [2.05, 4.69) is 19.9 Å². The van der Waals surface area contributed by atoms with Gasteiger partial charge in [-0.2, -0.15) is 0 Å². The Labute approximate surface area is 162 Å². The highest BCUT2D eigenvalue weighted by atomic mass is 16.2. The molecule has 1 N–H and O–H groups in total. The van der Waals surface area contributed by atoms with E-state index in [1.807, 2.05) is 6.92 Å². The number of H-pyrrole nitrogens is 1. The number of hydrogen-bond acceptors (Lipinski definition) is 6. The normalized spacial score (nSPS) is 16.4. The molecule has 2 aromatic heterocycles. The molecule has 4 rings (SSSR count). The minimum Gasteiger partial charge on any atom is -0.356 e. The maximum atomic E-state index is 12.8. The lowest BCUT2D eigenvalue weighted by Crippen LogP contribution is -2.42. The number of carbonyl (C=O) groups is 1. The summed E-state index contributed by atoms with van der Waals surface area (Å²) in [4.78, 5) is 51.7. The highest BCUT2D eigenvalue weighted by Gasteiger charge is 2.28. The summed E-state index contributed by atoms with van der Waals surface area (Å²) in [5.74, 6) is 1.56. The summed E-state index contributed by atoms with van der Waals surface area (Å²) in [5.41, 5.74) is 1.42. The summed E-state index contributed by atoms with van der Waals surface area (Å²) in [6.07, 6.45) is 4.48. The smallest absolute Gasteiger partial charge is 0.328 e. The van der Waals surface area contributed by atoms with Crippen molar-refractivity contribution >= 4 is 11.7 Å². The average Bonchev–Trinajstić information content (AvgIpc) is 3.19. The first-order valence-corrected chi connectivity index (χ1v) is 9.62. The van der Waals surface area contributed by atoms with Crippen LogP contribution in [-0.2, 0) is 24.3 Å². The van der Waals surface area contributed by atoms with E-state index < -0.39 is 11.2 Å². The quantitative estimate of drug-likeness (QED) is 0.807. The number of carbonyl (C=O) groups excluding carboxylic acids is 1. The zero-order valence-corrected chi connectivity index (χ0v) is 16.2. The molecule has 0 radical (unpaired) electrons. The molecule has 0 aromatic carbocycles. The van der Waals surface area contributed by atoms with Gasteiger partial charge in [-0.3, -0.25) is 19.1 Å². The molecule has 1 saturated heterocycles. The first-order chi connectivity index (χ1) is 13.4. The Morgan fingerprint density at radius 2 is 1.89 bits per heavy atom. The average molecular weight is 384 g/mol. The number of rotatable bonds is 3. The summed E-state index contributed by atoms with van der Waals surface area (Å²) in [7, 11) is 0. The van der Waals surface area contributed by atoms with Gasteiger partial charge < -0.3 is 9.80 Å². The number of nitrogens with zero attached hydrogens (tertiary/aromatic N) is 5. The molecule has 9 heteroatoms. The third kappa shape index (κ3) is 3.44. The van der Waals surface area contributed by atoms with Gasteiger partial charge in [0.2, 0.25) is 5.91 Å². The molecule has 9 nitrogen and oxygen atoms in total. The minimum atomic E-state index is -0.573. The van der Waals surface area contributed by atoms with Crippen LogP contribution in [0.15, 0.2) is 15.8 Å². The summed E-state index contributed by atoms with van der Waals surface area (Å²) < 4.78 is 1.25. The van der Waals surface area contributed by atoms with E-state index in [0.29, 0.717) is 30.9 Å². The number of aryl methyl sites for hydroxylation is 2. The molecule has 1 fully saturated rings. The van der Waals surface area contributed by atoms with E-state index in [-0.39, 0.29) is 12.5 Å². The highest BCUT2D eigenvalue weighted by molar-refractivity contribution is 5.76. The summed E-state index contributed by atoms with van der Waals surface area (Å²) >= 11 is 0. The number of amides is 1. The van der Waals surface area contributed by atoms with E-state index >= 15 is 0 Å². The predicted octanol–water partition coefficient (Wildman–Crippen LogP) is 0.129. The molecule has 1 amide bonds. The van der Waals surface area contributed by atoms with Crippen LogP contribution in [0, 0.1) is 13.8 Å². The van der Waals surface area contributed by atoms with Crippen LogP contribution in [0.25, 0.3) is 0 Å². The lowest BCUT2D eigenvalue weighted by molar-refractivity contribution is -0.132. The second kappa shape index (κ2) is 7.21. The Morgan fingerprint density at radius 3 is 2.64 bits per heavy atom. The van der Waals surface area contributed by atoms with Crippen molar-refractivity contribution in [1.82, 2.24) is 24.4 Å². The van der Waals surface area contributed by atoms with Gasteiger partial charge in [0.25, 0.3) is 5.56 Å². The molecule has 2 aromatic rings. The Bertz CT molecular complexity index is 1030. The largest absolute Gasteiger partial charge is 0.356 e. The molecule has 0 spiro atoms. The molecule has 0 saturated carbocycles. The topological polar surface area (TPSA) is 104 Å². The molecule has 0 unspecified atom stereocenters. The monoisotopic (exact) mass is 384 g/mol. The second-order valence-electron chi connectivity index (χ2n) is 7.48. The lowest BCUT2D eigenvalue weighted by Gasteiger charge is -2.31. The Hall–Kier alpha value is -2.97. The van der Waals surface area contributed by atoms with Crippen molar-refractivity contribution in [2.45, 2.75) is 46.2 Å². The first kappa shape index (κ1) is 18.4. The number of hydrogen-bond donors (Lipinski definition) is 1. The molecule has 2 aliphatic rings. The van der Waals surface area contributed by atoms with Crippen molar-refractivity contribution in [3.05, 3.63) is 49.7 Å². The van der Waals surface area contributed by atoms with Crippen LogP contribution in [0.2, 0.25) is 0 Å². The van der Waals surface area contributed by atoms with Gasteiger partial charge in [-0.15, -0.1) is 0 Å². The van der Waals surface area contributed by atoms with Crippen LogP contribution >= 0.6 is 0 Å². The van der Waals surface area contributed by atoms with Crippen molar-refractivity contribution in [2.24, 2.45) is 0 Å². The Balaban J connectivity index is 1.55. The van der Waals surface area contributed by atoms with Crippen LogP contribution in [0.3, 0.4) is 0 Å². The van der Waals surface area contributed by atoms with Crippen molar-refractivity contribution < 1.29 is 4.79 Å². The fourth-order valence-electron chi connectivity index (χ4n) is 3.92. The third-order valence-corrected chi connectivity index (χ3v) is 5.41. The van der Waals surface area contributed by atoms with E-state index in [1.165, 1.54) is 23.6 Å². The van der Waals surface area contributed by atoms with Crippen LogP contribution in [0.1, 0.15) is 35.5 Å². The van der Waals surface area contributed by atoms with Crippen LogP contribution in [-0.4, -0.2) is 50.0 Å². The predicted molar refractivity (Wildman–Crippen MR) is 103 cm³/mol. The van der Waals surface area contributed by atoms with Gasteiger partial charge in [-0.25, -0.2) is 14.8 Å². The van der Waals surface area contributed by atoms with Crippen molar-refractivity contribution in [3.63, 3.8) is 0 Å². The fraction of sp³-hybridized carbons (Fsp3) is 0.526. The number of nitrogens with one attached hydrogen (secondary N) is 1. The highest BCUT2D eigenvalue weighted by Crippen LogP contribution is 2.28. The van der Waals surface area contributed by atoms with Gasteiger partial charge in [0.1, 0.15) is 18.2 Å². The summed E-state index contributed by atoms with van der Waals surface area (Å²) in [6.45, 7) is 6.39. The molecular formula is C19H24N6O3. The van der Waals surface area contributed by atoms with E-state index in [9.17, 15) is 14.4 Å². The SMILES string of the molecule is Cc1nc2c(c(N3CCCC3)n1)CCN(C(=O)Cn1cc(C)c(=O)[nH]c1=O)C2. The molecule has 2 aliphatic heterocycles. The van der Waals surface area contributed by atoms with Crippen LogP contribution in [0.4, 0.5) is 5.82 Å². The van der Waals surface area contributed by atoms with Crippen LogP contribution < -0.4 is 16.1 Å². The maximum Gasteiger partial charge on any atom is 0.328 e. The van der Waals surface area contributed by atoms with E-state index in [1.54, 1.807) is 11.8 Å². The van der Waals surface area contributed by atoms with Gasteiger partial charge >= 0.3 is 5.69 Å². The molecule has 28 heavy (non-hydrogen) atoms. The number of aromatic nitrogens is 4. The molecule has 148 valence electrons. The fourth-order valence-corrected chi connectivity index (χ4v) is 3.92. The van der Waals surface area contributed by atoms with E-state index in [4.69, 9.17) is 0 Å². The van der Waals surface area contributed by atoms with Gasteiger partial charge in [-0.05, 0) is 33.1 Å². The van der Waals surface area contributed by atoms with Gasteiger partial charge in [0, 0.05) is 37.0 Å².